The maximum Gasteiger partial charge on any atom is 0.334 e. The molecule has 134 valence electrons. The molecule has 6 heteroatoms. The van der Waals surface area contributed by atoms with Crippen LogP contribution in [0, 0.1) is 5.92 Å². The molecule has 1 saturated heterocycles. The van der Waals surface area contributed by atoms with Gasteiger partial charge in [0.1, 0.15) is 0 Å². The third-order valence-corrected chi connectivity index (χ3v) is 4.54. The van der Waals surface area contributed by atoms with Gasteiger partial charge in [-0.1, -0.05) is 12.1 Å². The van der Waals surface area contributed by atoms with E-state index in [9.17, 15) is 9.90 Å². The van der Waals surface area contributed by atoms with Crippen LogP contribution in [0.15, 0.2) is 42.0 Å². The van der Waals surface area contributed by atoms with Crippen molar-refractivity contribution >= 4 is 12.0 Å². The van der Waals surface area contributed by atoms with Gasteiger partial charge in [-0.25, -0.2) is 4.79 Å². The predicted molar refractivity (Wildman–Crippen MR) is 93.4 cm³/mol. The summed E-state index contributed by atoms with van der Waals surface area (Å²) in [7, 11) is 1.48. The lowest BCUT2D eigenvalue weighted by Gasteiger charge is -2.10. The number of ether oxygens (including phenoxy) is 4. The minimum atomic E-state index is -0.317. The minimum absolute atomic E-state index is 0.0531. The molecule has 1 atom stereocenters. The van der Waals surface area contributed by atoms with Gasteiger partial charge in [0.25, 0.3) is 0 Å². The van der Waals surface area contributed by atoms with Crippen LogP contribution < -0.4 is 14.2 Å². The number of fused-ring (bicyclic) bond motifs is 1. The average molecular weight is 354 g/mol. The van der Waals surface area contributed by atoms with Gasteiger partial charge in [-0.3, -0.25) is 0 Å². The standard InChI is InChI=1S/C20H18O6/c1-23-18-8-13(2-4-16(18)21)7-15-14(10-24-20(15)22)6-12-3-5-17-19(9-12)26-11-25-17/h2-5,7-9,14,21H,6,10-11H2,1H3/b15-7+. The van der Waals surface area contributed by atoms with E-state index in [-0.39, 0.29) is 24.4 Å². The van der Waals surface area contributed by atoms with Crippen LogP contribution >= 0.6 is 0 Å². The number of benzene rings is 2. The van der Waals surface area contributed by atoms with Gasteiger partial charge in [0.05, 0.1) is 13.7 Å². The number of esters is 1. The summed E-state index contributed by atoms with van der Waals surface area (Å²) in [4.78, 5) is 12.2. The van der Waals surface area contributed by atoms with Crippen molar-refractivity contribution in [3.63, 3.8) is 0 Å². The summed E-state index contributed by atoms with van der Waals surface area (Å²) >= 11 is 0. The number of aromatic hydroxyl groups is 1. The van der Waals surface area contributed by atoms with Crippen LogP contribution in [-0.4, -0.2) is 31.6 Å². The van der Waals surface area contributed by atoms with Gasteiger partial charge < -0.3 is 24.1 Å². The molecule has 2 aromatic carbocycles. The summed E-state index contributed by atoms with van der Waals surface area (Å²) < 4.78 is 21.1. The maximum absolute atomic E-state index is 12.2. The molecule has 6 nitrogen and oxygen atoms in total. The van der Waals surface area contributed by atoms with Crippen LogP contribution in [0.4, 0.5) is 0 Å². The lowest BCUT2D eigenvalue weighted by atomic mass is 9.92. The zero-order valence-electron chi connectivity index (χ0n) is 14.2. The number of phenols is 1. The molecule has 2 aliphatic heterocycles. The Bertz CT molecular complexity index is 886. The molecule has 0 bridgehead atoms. The Labute approximate surface area is 150 Å². The number of hydrogen-bond acceptors (Lipinski definition) is 6. The second-order valence-corrected chi connectivity index (χ2v) is 6.22. The highest BCUT2D eigenvalue weighted by molar-refractivity contribution is 5.96. The van der Waals surface area contributed by atoms with Gasteiger partial charge in [0, 0.05) is 11.5 Å². The van der Waals surface area contributed by atoms with E-state index in [0.717, 1.165) is 22.6 Å². The summed E-state index contributed by atoms with van der Waals surface area (Å²) in [5.41, 5.74) is 2.42. The van der Waals surface area contributed by atoms with Crippen molar-refractivity contribution in [2.45, 2.75) is 6.42 Å². The van der Waals surface area contributed by atoms with Crippen molar-refractivity contribution in [2.75, 3.05) is 20.5 Å². The Hall–Kier alpha value is -3.15. The fourth-order valence-electron chi connectivity index (χ4n) is 3.18. The number of hydrogen-bond donors (Lipinski definition) is 1. The Morgan fingerprint density at radius 2 is 2.00 bits per heavy atom. The highest BCUT2D eigenvalue weighted by Crippen LogP contribution is 2.35. The molecule has 0 aliphatic carbocycles. The van der Waals surface area contributed by atoms with Crippen LogP contribution in [0.2, 0.25) is 0 Å². The molecule has 2 heterocycles. The molecule has 0 aromatic heterocycles. The summed E-state index contributed by atoms with van der Waals surface area (Å²) in [5, 5.41) is 9.71. The number of rotatable bonds is 4. The van der Waals surface area contributed by atoms with Crippen LogP contribution in [-0.2, 0) is 16.0 Å². The quantitative estimate of drug-likeness (QED) is 0.672. The van der Waals surface area contributed by atoms with Gasteiger partial charge in [0.15, 0.2) is 23.0 Å². The van der Waals surface area contributed by atoms with E-state index < -0.39 is 0 Å². The molecule has 0 saturated carbocycles. The molecular formula is C20H18O6. The number of cyclic esters (lactones) is 1. The third-order valence-electron chi connectivity index (χ3n) is 4.54. The normalized spacial score (nSPS) is 19.7. The van der Waals surface area contributed by atoms with Crippen LogP contribution in [0.5, 0.6) is 23.0 Å². The van der Waals surface area contributed by atoms with E-state index in [4.69, 9.17) is 18.9 Å². The fraction of sp³-hybridized carbons (Fsp3) is 0.250. The van der Waals surface area contributed by atoms with Crippen LogP contribution in [0.1, 0.15) is 11.1 Å². The Balaban J connectivity index is 1.59. The number of carbonyl (C=O) groups excluding carboxylic acids is 1. The second kappa shape index (κ2) is 6.63. The molecule has 1 unspecified atom stereocenters. The van der Waals surface area contributed by atoms with Gasteiger partial charge in [-0.05, 0) is 47.9 Å². The summed E-state index contributed by atoms with van der Waals surface area (Å²) in [6.45, 7) is 0.575. The van der Waals surface area contributed by atoms with Crippen LogP contribution in [0.25, 0.3) is 6.08 Å². The van der Waals surface area contributed by atoms with Crippen molar-refractivity contribution in [3.8, 4) is 23.0 Å². The minimum Gasteiger partial charge on any atom is -0.504 e. The van der Waals surface area contributed by atoms with Crippen LogP contribution in [0.3, 0.4) is 0 Å². The Kier molecular flexibility index (Phi) is 4.16. The van der Waals surface area contributed by atoms with Crippen molar-refractivity contribution < 1.29 is 28.8 Å². The first-order valence-corrected chi connectivity index (χ1v) is 8.28. The van der Waals surface area contributed by atoms with Gasteiger partial charge >= 0.3 is 5.97 Å². The number of phenolic OH excluding ortho intramolecular Hbond substituents is 1. The van der Waals surface area contributed by atoms with Crippen molar-refractivity contribution in [2.24, 2.45) is 5.92 Å². The van der Waals surface area contributed by atoms with E-state index in [0.29, 0.717) is 24.4 Å². The molecule has 0 amide bonds. The van der Waals surface area contributed by atoms with E-state index in [1.807, 2.05) is 18.2 Å². The Morgan fingerprint density at radius 3 is 2.85 bits per heavy atom. The van der Waals surface area contributed by atoms with Crippen molar-refractivity contribution in [1.82, 2.24) is 0 Å². The maximum atomic E-state index is 12.2. The SMILES string of the molecule is COc1cc(/C=C2/C(=O)OCC2Cc2ccc3c(c2)OCO3)ccc1O. The lowest BCUT2D eigenvalue weighted by Crippen LogP contribution is -2.07. The Morgan fingerprint density at radius 1 is 1.15 bits per heavy atom. The average Bonchev–Trinajstić information content (AvgIpc) is 3.24. The van der Waals surface area contributed by atoms with E-state index in [2.05, 4.69) is 0 Å². The van der Waals surface area contributed by atoms with Crippen molar-refractivity contribution in [3.05, 3.63) is 53.1 Å². The summed E-state index contributed by atoms with van der Waals surface area (Å²) in [5.74, 6) is 1.50. The molecule has 26 heavy (non-hydrogen) atoms. The van der Waals surface area contributed by atoms with Gasteiger partial charge in [-0.15, -0.1) is 0 Å². The lowest BCUT2D eigenvalue weighted by molar-refractivity contribution is -0.135. The van der Waals surface area contributed by atoms with Gasteiger partial charge in [-0.2, -0.15) is 0 Å². The molecule has 2 aromatic rings. The number of carbonyl (C=O) groups is 1. The second-order valence-electron chi connectivity index (χ2n) is 6.22. The molecule has 1 N–H and O–H groups in total. The molecule has 4 rings (SSSR count). The van der Waals surface area contributed by atoms with E-state index >= 15 is 0 Å². The zero-order valence-corrected chi connectivity index (χ0v) is 14.2. The topological polar surface area (TPSA) is 74.2 Å². The summed E-state index contributed by atoms with van der Waals surface area (Å²) in [6, 6.07) is 10.7. The van der Waals surface area contributed by atoms with E-state index in [1.165, 1.54) is 7.11 Å². The molecule has 1 fully saturated rings. The molecule has 2 aliphatic rings. The highest BCUT2D eigenvalue weighted by atomic mass is 16.7. The first-order chi connectivity index (χ1) is 12.6. The monoisotopic (exact) mass is 354 g/mol. The predicted octanol–water partition coefficient (Wildman–Crippen LogP) is 2.93. The first-order valence-electron chi connectivity index (χ1n) is 8.28. The first kappa shape index (κ1) is 16.3. The van der Waals surface area contributed by atoms with E-state index in [1.54, 1.807) is 24.3 Å². The highest BCUT2D eigenvalue weighted by Gasteiger charge is 2.31. The van der Waals surface area contributed by atoms with Gasteiger partial charge in [0.2, 0.25) is 6.79 Å². The third kappa shape index (κ3) is 3.06. The molecular weight excluding hydrogens is 336 g/mol. The largest absolute Gasteiger partial charge is 0.504 e. The molecule has 0 radical (unpaired) electrons. The zero-order chi connectivity index (χ0) is 18.1. The number of methoxy groups -OCH3 is 1. The smallest absolute Gasteiger partial charge is 0.334 e. The van der Waals surface area contributed by atoms with Crippen molar-refractivity contribution in [1.29, 1.82) is 0 Å². The summed E-state index contributed by atoms with van der Waals surface area (Å²) in [6.07, 6.45) is 2.44. The fourth-order valence-corrected chi connectivity index (χ4v) is 3.18. The molecule has 0 spiro atoms.